The van der Waals surface area contributed by atoms with Crippen LogP contribution in [0, 0.1) is 5.92 Å². The van der Waals surface area contributed by atoms with Gasteiger partial charge in [0.2, 0.25) is 17.7 Å². The first-order valence-corrected chi connectivity index (χ1v) is 9.07. The van der Waals surface area contributed by atoms with Crippen molar-refractivity contribution in [2.45, 2.75) is 24.8 Å². The molecule has 2 atom stereocenters. The van der Waals surface area contributed by atoms with Crippen molar-refractivity contribution in [2.24, 2.45) is 5.92 Å². The summed E-state index contributed by atoms with van der Waals surface area (Å²) in [4.78, 5) is 23.2. The summed E-state index contributed by atoms with van der Waals surface area (Å²) >= 11 is 1.63. The van der Waals surface area contributed by atoms with E-state index >= 15 is 0 Å². The molecule has 4 rings (SSSR count). The van der Waals surface area contributed by atoms with Crippen molar-refractivity contribution >= 4 is 23.2 Å². The standard InChI is InChI=1S/C17H20N4O2S/c1-23-14-3-6-18-16(19-14)20-17-5-2-13(17)9-21(11-17)15(22)8-12-4-7-24-10-12/h3-4,6-7,10,13H,2,5,8-9,11H2,1H3,(H,18,19,20). The van der Waals surface area contributed by atoms with Gasteiger partial charge in [0, 0.05) is 31.3 Å². The van der Waals surface area contributed by atoms with E-state index in [4.69, 9.17) is 4.74 Å². The van der Waals surface area contributed by atoms with Gasteiger partial charge in [0.05, 0.1) is 19.1 Å². The molecule has 1 amide bonds. The van der Waals surface area contributed by atoms with Gasteiger partial charge in [0.1, 0.15) is 0 Å². The second-order valence-corrected chi connectivity index (χ2v) is 7.30. The number of carbonyl (C=O) groups excluding carboxylic acids is 1. The highest BCUT2D eigenvalue weighted by Crippen LogP contribution is 2.46. The summed E-state index contributed by atoms with van der Waals surface area (Å²) in [6.45, 7) is 1.54. The molecule has 7 heteroatoms. The molecular weight excluding hydrogens is 324 g/mol. The van der Waals surface area contributed by atoms with Crippen molar-refractivity contribution in [3.05, 3.63) is 34.7 Å². The first-order chi connectivity index (χ1) is 11.7. The molecule has 0 bridgehead atoms. The summed E-state index contributed by atoms with van der Waals surface area (Å²) in [6.07, 6.45) is 4.36. The number of hydrogen-bond acceptors (Lipinski definition) is 6. The highest BCUT2D eigenvalue weighted by Gasteiger charge is 2.54. The minimum Gasteiger partial charge on any atom is -0.481 e. The highest BCUT2D eigenvalue weighted by molar-refractivity contribution is 7.08. The number of hydrogen-bond donors (Lipinski definition) is 1. The molecule has 0 aromatic carbocycles. The molecule has 2 aliphatic rings. The van der Waals surface area contributed by atoms with E-state index in [1.165, 1.54) is 0 Å². The van der Waals surface area contributed by atoms with E-state index in [0.29, 0.717) is 24.2 Å². The van der Waals surface area contributed by atoms with Gasteiger partial charge in [-0.3, -0.25) is 4.79 Å². The smallest absolute Gasteiger partial charge is 0.227 e. The third kappa shape index (κ3) is 2.73. The highest BCUT2D eigenvalue weighted by atomic mass is 32.1. The number of nitrogens with zero attached hydrogens (tertiary/aromatic N) is 3. The van der Waals surface area contributed by atoms with Crippen molar-refractivity contribution in [1.82, 2.24) is 14.9 Å². The molecule has 1 saturated carbocycles. The van der Waals surface area contributed by atoms with Crippen molar-refractivity contribution in [1.29, 1.82) is 0 Å². The SMILES string of the molecule is COc1ccnc(NC23CCC2CN(C(=O)Cc2ccsc2)C3)n1. The van der Waals surface area contributed by atoms with Gasteiger partial charge in [-0.1, -0.05) is 0 Å². The van der Waals surface area contributed by atoms with Gasteiger partial charge in [0.25, 0.3) is 0 Å². The van der Waals surface area contributed by atoms with Crippen molar-refractivity contribution in [3.8, 4) is 5.88 Å². The fraction of sp³-hybridized carbons (Fsp3) is 0.471. The monoisotopic (exact) mass is 344 g/mol. The molecule has 3 heterocycles. The van der Waals surface area contributed by atoms with Gasteiger partial charge in [-0.05, 0) is 35.2 Å². The Labute approximate surface area is 144 Å². The lowest BCUT2D eigenvalue weighted by atomic mass is 9.69. The maximum atomic E-state index is 12.6. The summed E-state index contributed by atoms with van der Waals surface area (Å²) in [6, 6.07) is 3.75. The van der Waals surface area contributed by atoms with Crippen LogP contribution in [0.5, 0.6) is 5.88 Å². The molecule has 24 heavy (non-hydrogen) atoms. The summed E-state index contributed by atoms with van der Waals surface area (Å²) in [5.41, 5.74) is 1.01. The van der Waals surface area contributed by atoms with Crippen LogP contribution in [0.15, 0.2) is 29.1 Å². The number of rotatable bonds is 5. The van der Waals surface area contributed by atoms with Gasteiger partial charge in [0.15, 0.2) is 0 Å². The Morgan fingerprint density at radius 3 is 3.17 bits per heavy atom. The number of likely N-dealkylation sites (tertiary alicyclic amines) is 1. The summed E-state index contributed by atoms with van der Waals surface area (Å²) in [5.74, 6) is 1.80. The van der Waals surface area contributed by atoms with Crippen LogP contribution in [-0.4, -0.2) is 46.5 Å². The van der Waals surface area contributed by atoms with Crippen LogP contribution < -0.4 is 10.1 Å². The van der Waals surface area contributed by atoms with Crippen molar-refractivity contribution in [3.63, 3.8) is 0 Å². The Hall–Kier alpha value is -2.15. The molecule has 2 unspecified atom stereocenters. The van der Waals surface area contributed by atoms with Gasteiger partial charge in [-0.15, -0.1) is 0 Å². The third-order valence-electron chi connectivity index (χ3n) is 5.12. The van der Waals surface area contributed by atoms with Crippen LogP contribution >= 0.6 is 11.3 Å². The van der Waals surface area contributed by atoms with Crippen molar-refractivity contribution < 1.29 is 9.53 Å². The zero-order valence-corrected chi connectivity index (χ0v) is 14.4. The lowest BCUT2D eigenvalue weighted by Crippen LogP contribution is -2.53. The normalized spacial score (nSPS) is 25.0. The quantitative estimate of drug-likeness (QED) is 0.901. The number of amides is 1. The topological polar surface area (TPSA) is 67.3 Å². The van der Waals surface area contributed by atoms with Crippen molar-refractivity contribution in [2.75, 3.05) is 25.5 Å². The van der Waals surface area contributed by atoms with Gasteiger partial charge in [-0.25, -0.2) is 4.98 Å². The van der Waals surface area contributed by atoms with Crippen LogP contribution in [0.4, 0.5) is 5.95 Å². The minimum atomic E-state index is -0.0866. The number of aromatic nitrogens is 2. The van der Waals surface area contributed by atoms with E-state index < -0.39 is 0 Å². The van der Waals surface area contributed by atoms with E-state index in [1.807, 2.05) is 21.7 Å². The fourth-order valence-corrected chi connectivity index (χ4v) is 4.32. The van der Waals surface area contributed by atoms with E-state index in [0.717, 1.165) is 31.5 Å². The number of fused-ring (bicyclic) bond motifs is 1. The maximum Gasteiger partial charge on any atom is 0.227 e. The Kier molecular flexibility index (Phi) is 3.88. The Morgan fingerprint density at radius 2 is 2.46 bits per heavy atom. The summed E-state index contributed by atoms with van der Waals surface area (Å²) in [7, 11) is 1.59. The van der Waals surface area contributed by atoms with Gasteiger partial charge < -0.3 is 15.0 Å². The van der Waals surface area contributed by atoms with Crippen LogP contribution in [0.2, 0.25) is 0 Å². The number of methoxy groups -OCH3 is 1. The molecule has 2 aromatic rings. The number of thiophene rings is 1. The van der Waals surface area contributed by atoms with Crippen LogP contribution in [-0.2, 0) is 11.2 Å². The molecule has 1 N–H and O–H groups in total. The first-order valence-electron chi connectivity index (χ1n) is 8.13. The maximum absolute atomic E-state index is 12.6. The summed E-state index contributed by atoms with van der Waals surface area (Å²) < 4.78 is 5.16. The van der Waals surface area contributed by atoms with E-state index in [-0.39, 0.29) is 11.4 Å². The molecular formula is C17H20N4O2S. The van der Waals surface area contributed by atoms with Gasteiger partial charge >= 0.3 is 0 Å². The lowest BCUT2D eigenvalue weighted by molar-refractivity contribution is -0.129. The first kappa shape index (κ1) is 15.4. The summed E-state index contributed by atoms with van der Waals surface area (Å²) in [5, 5.41) is 7.53. The largest absolute Gasteiger partial charge is 0.481 e. The van der Waals surface area contributed by atoms with Crippen LogP contribution in [0.25, 0.3) is 0 Å². The number of ether oxygens (including phenoxy) is 1. The fourth-order valence-electron chi connectivity index (χ4n) is 3.65. The molecule has 0 radical (unpaired) electrons. The lowest BCUT2D eigenvalue weighted by Gasteiger charge is -2.44. The zero-order chi connectivity index (χ0) is 16.6. The number of nitrogens with one attached hydrogen (secondary N) is 1. The Morgan fingerprint density at radius 1 is 1.54 bits per heavy atom. The van der Waals surface area contributed by atoms with E-state index in [9.17, 15) is 4.79 Å². The molecule has 0 spiro atoms. The minimum absolute atomic E-state index is 0.0866. The van der Waals surface area contributed by atoms with Crippen LogP contribution in [0.1, 0.15) is 18.4 Å². The Balaban J connectivity index is 1.45. The van der Waals surface area contributed by atoms with Crippen LogP contribution in [0.3, 0.4) is 0 Å². The average molecular weight is 344 g/mol. The predicted molar refractivity (Wildman–Crippen MR) is 92.3 cm³/mol. The second-order valence-electron chi connectivity index (χ2n) is 6.52. The zero-order valence-electron chi connectivity index (χ0n) is 13.6. The van der Waals surface area contributed by atoms with E-state index in [2.05, 4.69) is 15.3 Å². The number of anilines is 1. The molecule has 6 nitrogen and oxygen atoms in total. The molecule has 1 saturated heterocycles. The molecule has 1 aliphatic carbocycles. The molecule has 1 aliphatic heterocycles. The number of carbonyl (C=O) groups is 1. The third-order valence-corrected chi connectivity index (χ3v) is 5.85. The second kappa shape index (κ2) is 6.05. The average Bonchev–Trinajstić information content (AvgIpc) is 3.17. The van der Waals surface area contributed by atoms with E-state index in [1.54, 1.807) is 30.7 Å². The van der Waals surface area contributed by atoms with Gasteiger partial charge in [-0.2, -0.15) is 16.3 Å². The molecule has 126 valence electrons. The Bertz CT molecular complexity index is 736. The molecule has 2 fully saturated rings. The molecule has 2 aromatic heterocycles. The predicted octanol–water partition coefficient (Wildman–Crippen LogP) is 2.19.